The Hall–Kier alpha value is -2.43. The second-order valence-electron chi connectivity index (χ2n) is 3.66. The number of rotatable bonds is 3. The molecule has 0 atom stereocenters. The van der Waals surface area contributed by atoms with Gasteiger partial charge in [0, 0.05) is 31.2 Å². The van der Waals surface area contributed by atoms with Crippen molar-refractivity contribution < 1.29 is 0 Å². The van der Waals surface area contributed by atoms with E-state index in [0.29, 0.717) is 6.54 Å². The van der Waals surface area contributed by atoms with Crippen LogP contribution in [0.15, 0.2) is 49.1 Å². The Kier molecular flexibility index (Phi) is 2.42. The molecule has 0 aromatic carbocycles. The van der Waals surface area contributed by atoms with Crippen molar-refractivity contribution in [3.05, 3.63) is 54.6 Å². The molecule has 3 aromatic rings. The summed E-state index contributed by atoms with van der Waals surface area (Å²) in [6, 6.07) is 7.72. The minimum Gasteiger partial charge on any atom is -0.366 e. The highest BCUT2D eigenvalue weighted by molar-refractivity contribution is 5.45. The summed E-state index contributed by atoms with van der Waals surface area (Å²) < 4.78 is 1.73. The third kappa shape index (κ3) is 2.08. The molecule has 0 aliphatic rings. The third-order valence-electron chi connectivity index (χ3n) is 2.45. The molecule has 3 rings (SSSR count). The average Bonchev–Trinajstić information content (AvgIpc) is 2.85. The fourth-order valence-electron chi connectivity index (χ4n) is 1.61. The van der Waals surface area contributed by atoms with Crippen LogP contribution in [0.3, 0.4) is 0 Å². The number of pyridine rings is 1. The van der Waals surface area contributed by atoms with E-state index in [1.807, 2.05) is 36.7 Å². The Bertz CT molecular complexity index is 617. The summed E-state index contributed by atoms with van der Waals surface area (Å²) in [5.41, 5.74) is 1.96. The van der Waals surface area contributed by atoms with Crippen LogP contribution in [0.1, 0.15) is 5.56 Å². The molecule has 3 aromatic heterocycles. The van der Waals surface area contributed by atoms with Gasteiger partial charge >= 0.3 is 0 Å². The maximum Gasteiger partial charge on any atom is 0.157 e. The first-order valence-corrected chi connectivity index (χ1v) is 5.35. The SMILES string of the molecule is c1cncc(CNc2ccn3nccc3n2)c1. The summed E-state index contributed by atoms with van der Waals surface area (Å²) in [5.74, 6) is 0.835. The number of nitrogens with zero attached hydrogens (tertiary/aromatic N) is 4. The first-order valence-electron chi connectivity index (χ1n) is 5.35. The molecular weight excluding hydrogens is 214 g/mol. The first-order chi connectivity index (χ1) is 8.42. The van der Waals surface area contributed by atoms with Crippen LogP contribution >= 0.6 is 0 Å². The van der Waals surface area contributed by atoms with Gasteiger partial charge in [0.15, 0.2) is 5.65 Å². The summed E-state index contributed by atoms with van der Waals surface area (Å²) in [6.07, 6.45) is 7.21. The highest BCUT2D eigenvalue weighted by Gasteiger charge is 1.98. The predicted octanol–water partition coefficient (Wildman–Crippen LogP) is 1.74. The van der Waals surface area contributed by atoms with Gasteiger partial charge in [-0.1, -0.05) is 6.07 Å². The number of aromatic nitrogens is 4. The van der Waals surface area contributed by atoms with Crippen molar-refractivity contribution in [2.45, 2.75) is 6.54 Å². The van der Waals surface area contributed by atoms with E-state index < -0.39 is 0 Å². The van der Waals surface area contributed by atoms with E-state index in [-0.39, 0.29) is 0 Å². The zero-order valence-corrected chi connectivity index (χ0v) is 9.11. The van der Waals surface area contributed by atoms with Gasteiger partial charge < -0.3 is 5.32 Å². The molecule has 0 fully saturated rings. The molecule has 1 N–H and O–H groups in total. The highest BCUT2D eigenvalue weighted by atomic mass is 15.2. The first kappa shape index (κ1) is 9.77. The Labute approximate surface area is 98.1 Å². The van der Waals surface area contributed by atoms with Gasteiger partial charge in [0.25, 0.3) is 0 Å². The molecule has 0 spiro atoms. The van der Waals surface area contributed by atoms with Gasteiger partial charge in [-0.25, -0.2) is 9.50 Å². The maximum absolute atomic E-state index is 4.42. The van der Waals surface area contributed by atoms with E-state index in [0.717, 1.165) is 17.0 Å². The van der Waals surface area contributed by atoms with E-state index >= 15 is 0 Å². The van der Waals surface area contributed by atoms with Gasteiger partial charge in [-0.15, -0.1) is 0 Å². The maximum atomic E-state index is 4.42. The third-order valence-corrected chi connectivity index (χ3v) is 2.45. The van der Waals surface area contributed by atoms with Crippen molar-refractivity contribution in [1.82, 2.24) is 19.6 Å². The monoisotopic (exact) mass is 225 g/mol. The van der Waals surface area contributed by atoms with E-state index in [1.54, 1.807) is 16.9 Å². The zero-order valence-electron chi connectivity index (χ0n) is 9.11. The van der Waals surface area contributed by atoms with E-state index in [2.05, 4.69) is 20.4 Å². The predicted molar refractivity (Wildman–Crippen MR) is 64.6 cm³/mol. The molecule has 0 saturated carbocycles. The van der Waals surface area contributed by atoms with Crippen LogP contribution in [-0.4, -0.2) is 19.6 Å². The highest BCUT2D eigenvalue weighted by Crippen LogP contribution is 2.07. The van der Waals surface area contributed by atoms with Crippen LogP contribution in [0.4, 0.5) is 5.82 Å². The van der Waals surface area contributed by atoms with Crippen molar-refractivity contribution >= 4 is 11.5 Å². The molecule has 84 valence electrons. The summed E-state index contributed by atoms with van der Waals surface area (Å²) in [4.78, 5) is 8.48. The fraction of sp³-hybridized carbons (Fsp3) is 0.0833. The van der Waals surface area contributed by atoms with Gasteiger partial charge in [-0.05, 0) is 17.7 Å². The topological polar surface area (TPSA) is 55.1 Å². The van der Waals surface area contributed by atoms with Crippen molar-refractivity contribution in [1.29, 1.82) is 0 Å². The molecule has 0 bridgehead atoms. The smallest absolute Gasteiger partial charge is 0.157 e. The molecule has 5 heteroatoms. The van der Waals surface area contributed by atoms with Crippen molar-refractivity contribution in [2.75, 3.05) is 5.32 Å². The standard InChI is InChI=1S/C12H11N5/c1-2-10(8-13-5-1)9-14-11-4-7-17-12(16-11)3-6-15-17/h1-8H,9H2,(H,14,16). The zero-order chi connectivity index (χ0) is 11.5. The minimum absolute atomic E-state index is 0.713. The van der Waals surface area contributed by atoms with Gasteiger partial charge in [0.1, 0.15) is 5.82 Å². The number of anilines is 1. The molecule has 0 radical (unpaired) electrons. The molecule has 3 heterocycles. The second kappa shape index (κ2) is 4.21. The second-order valence-corrected chi connectivity index (χ2v) is 3.66. The van der Waals surface area contributed by atoms with E-state index in [4.69, 9.17) is 0 Å². The number of hydrogen-bond donors (Lipinski definition) is 1. The van der Waals surface area contributed by atoms with Gasteiger partial charge in [-0.2, -0.15) is 5.10 Å². The van der Waals surface area contributed by atoms with Crippen molar-refractivity contribution in [2.24, 2.45) is 0 Å². The minimum atomic E-state index is 0.713. The van der Waals surface area contributed by atoms with Crippen LogP contribution in [0.25, 0.3) is 5.65 Å². The van der Waals surface area contributed by atoms with Crippen LogP contribution in [0, 0.1) is 0 Å². The number of hydrogen-bond acceptors (Lipinski definition) is 4. The molecule has 0 unspecified atom stereocenters. The van der Waals surface area contributed by atoms with Crippen molar-refractivity contribution in [3.8, 4) is 0 Å². The average molecular weight is 225 g/mol. The summed E-state index contributed by atoms with van der Waals surface area (Å²) >= 11 is 0. The molecule has 0 aliphatic heterocycles. The lowest BCUT2D eigenvalue weighted by Gasteiger charge is -2.05. The molecule has 0 amide bonds. The Balaban J connectivity index is 1.76. The molecular formula is C12H11N5. The van der Waals surface area contributed by atoms with Crippen LogP contribution < -0.4 is 5.32 Å². The summed E-state index contributed by atoms with van der Waals surface area (Å²) in [6.45, 7) is 0.713. The van der Waals surface area contributed by atoms with Crippen LogP contribution in [-0.2, 0) is 6.54 Å². The fourth-order valence-corrected chi connectivity index (χ4v) is 1.61. The van der Waals surface area contributed by atoms with E-state index in [9.17, 15) is 0 Å². The summed E-state index contributed by atoms with van der Waals surface area (Å²) in [5, 5.41) is 7.35. The quantitative estimate of drug-likeness (QED) is 0.737. The van der Waals surface area contributed by atoms with Gasteiger partial charge in [0.05, 0.1) is 6.20 Å². The number of nitrogens with one attached hydrogen (secondary N) is 1. The van der Waals surface area contributed by atoms with E-state index in [1.165, 1.54) is 0 Å². The molecule has 0 saturated heterocycles. The number of fused-ring (bicyclic) bond motifs is 1. The van der Waals surface area contributed by atoms with Gasteiger partial charge in [-0.3, -0.25) is 4.98 Å². The lowest BCUT2D eigenvalue weighted by atomic mass is 10.3. The molecule has 0 aliphatic carbocycles. The Morgan fingerprint density at radius 3 is 3.06 bits per heavy atom. The Morgan fingerprint density at radius 2 is 2.18 bits per heavy atom. The van der Waals surface area contributed by atoms with Crippen molar-refractivity contribution in [3.63, 3.8) is 0 Å². The largest absolute Gasteiger partial charge is 0.366 e. The van der Waals surface area contributed by atoms with Gasteiger partial charge in [0.2, 0.25) is 0 Å². The Morgan fingerprint density at radius 1 is 1.18 bits per heavy atom. The lowest BCUT2D eigenvalue weighted by molar-refractivity contribution is 0.936. The molecule has 17 heavy (non-hydrogen) atoms. The lowest BCUT2D eigenvalue weighted by Crippen LogP contribution is -2.02. The summed E-state index contributed by atoms with van der Waals surface area (Å²) in [7, 11) is 0. The van der Waals surface area contributed by atoms with Crippen LogP contribution in [0.5, 0.6) is 0 Å². The van der Waals surface area contributed by atoms with Crippen LogP contribution in [0.2, 0.25) is 0 Å². The molecule has 5 nitrogen and oxygen atoms in total. The normalized spacial score (nSPS) is 10.6.